The van der Waals surface area contributed by atoms with E-state index >= 15 is 0 Å². The van der Waals surface area contributed by atoms with Gasteiger partial charge in [-0.1, -0.05) is 11.6 Å². The largest absolute Gasteiger partial charge is 0.340 e. The van der Waals surface area contributed by atoms with Gasteiger partial charge in [-0.3, -0.25) is 0 Å². The summed E-state index contributed by atoms with van der Waals surface area (Å²) in [7, 11) is 0. The van der Waals surface area contributed by atoms with Gasteiger partial charge in [0.1, 0.15) is 5.82 Å². The van der Waals surface area contributed by atoms with Crippen molar-refractivity contribution in [2.45, 2.75) is 32.2 Å². The molecule has 1 aliphatic rings. The lowest BCUT2D eigenvalue weighted by atomic mass is 10.00. The maximum absolute atomic E-state index is 6.13. The number of aromatic nitrogens is 2. The molecular formula is C13H16ClN3. The van der Waals surface area contributed by atoms with Crippen LogP contribution in [0, 0.1) is 6.92 Å². The summed E-state index contributed by atoms with van der Waals surface area (Å²) >= 11 is 6.13. The Balaban J connectivity index is 2.17. The number of nitrogens with one attached hydrogen (secondary N) is 2. The lowest BCUT2D eigenvalue weighted by Crippen LogP contribution is -2.34. The van der Waals surface area contributed by atoms with Crippen LogP contribution in [-0.2, 0) is 5.54 Å². The molecule has 0 saturated carbocycles. The Bertz CT molecular complexity index is 567. The summed E-state index contributed by atoms with van der Waals surface area (Å²) in [5.74, 6) is 1.02. The average molecular weight is 250 g/mol. The molecule has 0 radical (unpaired) electrons. The molecular weight excluding hydrogens is 234 g/mol. The minimum atomic E-state index is -0.0159. The molecule has 4 heteroatoms. The number of hydrogen-bond donors (Lipinski definition) is 2. The van der Waals surface area contributed by atoms with E-state index in [-0.39, 0.29) is 5.54 Å². The van der Waals surface area contributed by atoms with Crippen LogP contribution in [0.3, 0.4) is 0 Å². The quantitative estimate of drug-likeness (QED) is 0.815. The number of nitrogens with zero attached hydrogens (tertiary/aromatic N) is 1. The van der Waals surface area contributed by atoms with Gasteiger partial charge in [-0.25, -0.2) is 4.98 Å². The number of H-pyrrole nitrogens is 1. The van der Waals surface area contributed by atoms with Crippen LogP contribution >= 0.6 is 11.6 Å². The van der Waals surface area contributed by atoms with Crippen molar-refractivity contribution >= 4 is 22.6 Å². The summed E-state index contributed by atoms with van der Waals surface area (Å²) in [6.45, 7) is 5.29. The average Bonchev–Trinajstić information content (AvgIpc) is 2.91. The van der Waals surface area contributed by atoms with Gasteiger partial charge in [0.25, 0.3) is 0 Å². The predicted molar refractivity (Wildman–Crippen MR) is 70.4 cm³/mol. The maximum atomic E-state index is 6.13. The van der Waals surface area contributed by atoms with Gasteiger partial charge in [0.15, 0.2) is 0 Å². The van der Waals surface area contributed by atoms with Crippen LogP contribution in [0.25, 0.3) is 11.0 Å². The number of hydrogen-bond acceptors (Lipinski definition) is 2. The minimum Gasteiger partial charge on any atom is -0.340 e. The van der Waals surface area contributed by atoms with Gasteiger partial charge in [-0.15, -0.1) is 0 Å². The molecule has 0 spiro atoms. The zero-order chi connectivity index (χ0) is 12.0. The molecule has 1 saturated heterocycles. The summed E-state index contributed by atoms with van der Waals surface area (Å²) in [5.41, 5.74) is 3.11. The maximum Gasteiger partial charge on any atom is 0.127 e. The van der Waals surface area contributed by atoms with Crippen molar-refractivity contribution in [3.63, 3.8) is 0 Å². The van der Waals surface area contributed by atoms with Crippen molar-refractivity contribution in [1.82, 2.24) is 15.3 Å². The van der Waals surface area contributed by atoms with Crippen LogP contribution in [0.4, 0.5) is 0 Å². The second-order valence-corrected chi connectivity index (χ2v) is 5.42. The number of benzene rings is 1. The summed E-state index contributed by atoms with van der Waals surface area (Å²) in [5, 5.41) is 4.31. The zero-order valence-electron chi connectivity index (χ0n) is 10.1. The molecule has 17 heavy (non-hydrogen) atoms. The second kappa shape index (κ2) is 3.72. The Morgan fingerprint density at radius 1 is 1.41 bits per heavy atom. The van der Waals surface area contributed by atoms with Gasteiger partial charge >= 0.3 is 0 Å². The third kappa shape index (κ3) is 1.65. The van der Waals surface area contributed by atoms with Crippen LogP contribution in [0.1, 0.15) is 31.2 Å². The highest BCUT2D eigenvalue weighted by atomic mass is 35.5. The first kappa shape index (κ1) is 11.1. The number of aryl methyl sites for hydroxylation is 1. The predicted octanol–water partition coefficient (Wildman–Crippen LogP) is 3.12. The lowest BCUT2D eigenvalue weighted by molar-refractivity contribution is 0.412. The van der Waals surface area contributed by atoms with E-state index in [2.05, 4.69) is 17.2 Å². The summed E-state index contributed by atoms with van der Waals surface area (Å²) in [6, 6.07) is 3.89. The number of rotatable bonds is 1. The third-order valence-electron chi connectivity index (χ3n) is 3.74. The van der Waals surface area contributed by atoms with Crippen LogP contribution in [0.2, 0.25) is 5.02 Å². The van der Waals surface area contributed by atoms with Crippen molar-refractivity contribution in [2.75, 3.05) is 6.54 Å². The van der Waals surface area contributed by atoms with Crippen LogP contribution < -0.4 is 5.32 Å². The molecule has 1 aliphatic heterocycles. The van der Waals surface area contributed by atoms with Gasteiger partial charge in [-0.05, 0) is 50.9 Å². The normalized spacial score (nSPS) is 24.6. The third-order valence-corrected chi connectivity index (χ3v) is 4.15. The highest BCUT2D eigenvalue weighted by Gasteiger charge is 2.33. The van der Waals surface area contributed by atoms with Crippen molar-refractivity contribution in [2.24, 2.45) is 0 Å². The van der Waals surface area contributed by atoms with Gasteiger partial charge in [-0.2, -0.15) is 0 Å². The fraction of sp³-hybridized carbons (Fsp3) is 0.462. The van der Waals surface area contributed by atoms with Crippen LogP contribution in [0.15, 0.2) is 12.1 Å². The van der Waals surface area contributed by atoms with E-state index in [0.717, 1.165) is 40.4 Å². The van der Waals surface area contributed by atoms with Gasteiger partial charge in [0.2, 0.25) is 0 Å². The Morgan fingerprint density at radius 3 is 2.94 bits per heavy atom. The van der Waals surface area contributed by atoms with Gasteiger partial charge < -0.3 is 10.3 Å². The van der Waals surface area contributed by atoms with Gasteiger partial charge in [0, 0.05) is 5.02 Å². The first-order valence-corrected chi connectivity index (χ1v) is 6.38. The molecule has 0 unspecified atom stereocenters. The van der Waals surface area contributed by atoms with E-state index in [9.17, 15) is 0 Å². The van der Waals surface area contributed by atoms with Crippen LogP contribution in [0.5, 0.6) is 0 Å². The molecule has 3 rings (SSSR count). The summed E-state index contributed by atoms with van der Waals surface area (Å²) < 4.78 is 0. The smallest absolute Gasteiger partial charge is 0.127 e. The monoisotopic (exact) mass is 249 g/mol. The van der Waals surface area contributed by atoms with E-state index in [0.29, 0.717) is 0 Å². The molecule has 1 fully saturated rings. The standard InChI is InChI=1S/C13H16ClN3/c1-8-9(14)4-5-10-11(8)17-12(16-10)13(2)6-3-7-15-13/h4-5,15H,3,6-7H2,1-2H3,(H,16,17)/t13-/m0/s1. The Hall–Kier alpha value is -1.06. The van der Waals surface area contributed by atoms with Crippen molar-refractivity contribution in [1.29, 1.82) is 0 Å². The highest BCUT2D eigenvalue weighted by Crippen LogP contribution is 2.31. The van der Waals surface area contributed by atoms with E-state index in [4.69, 9.17) is 16.6 Å². The molecule has 3 nitrogen and oxygen atoms in total. The van der Waals surface area contributed by atoms with E-state index in [1.54, 1.807) is 0 Å². The lowest BCUT2D eigenvalue weighted by Gasteiger charge is -2.21. The molecule has 2 heterocycles. The SMILES string of the molecule is Cc1c(Cl)ccc2nc([C@]3(C)CCCN3)[nH]c12. The fourth-order valence-corrected chi connectivity index (χ4v) is 2.71. The molecule has 0 amide bonds. The molecule has 0 bridgehead atoms. The Kier molecular flexibility index (Phi) is 2.42. The number of imidazole rings is 1. The number of aromatic amines is 1. The first-order chi connectivity index (χ1) is 8.10. The summed E-state index contributed by atoms with van der Waals surface area (Å²) in [6.07, 6.45) is 2.33. The molecule has 0 aliphatic carbocycles. The zero-order valence-corrected chi connectivity index (χ0v) is 10.9. The fourth-order valence-electron chi connectivity index (χ4n) is 2.55. The topological polar surface area (TPSA) is 40.7 Å². The number of fused-ring (bicyclic) bond motifs is 1. The molecule has 1 atom stereocenters. The van der Waals surface area contributed by atoms with E-state index in [1.165, 1.54) is 6.42 Å². The highest BCUT2D eigenvalue weighted by molar-refractivity contribution is 6.32. The van der Waals surface area contributed by atoms with E-state index in [1.807, 2.05) is 19.1 Å². The molecule has 90 valence electrons. The Labute approximate surface area is 106 Å². The van der Waals surface area contributed by atoms with E-state index < -0.39 is 0 Å². The van der Waals surface area contributed by atoms with Crippen LogP contribution in [-0.4, -0.2) is 16.5 Å². The summed E-state index contributed by atoms with van der Waals surface area (Å²) in [4.78, 5) is 8.12. The minimum absolute atomic E-state index is 0.0159. The first-order valence-electron chi connectivity index (χ1n) is 6.00. The molecule has 1 aromatic carbocycles. The molecule has 2 N–H and O–H groups in total. The van der Waals surface area contributed by atoms with Crippen molar-refractivity contribution < 1.29 is 0 Å². The number of halogens is 1. The Morgan fingerprint density at radius 2 is 2.24 bits per heavy atom. The molecule has 2 aromatic rings. The molecule has 1 aromatic heterocycles. The van der Waals surface area contributed by atoms with Gasteiger partial charge in [0.05, 0.1) is 16.6 Å². The van der Waals surface area contributed by atoms with Crippen molar-refractivity contribution in [3.8, 4) is 0 Å². The van der Waals surface area contributed by atoms with Crippen molar-refractivity contribution in [3.05, 3.63) is 28.5 Å². The second-order valence-electron chi connectivity index (χ2n) is 5.01.